The summed E-state index contributed by atoms with van der Waals surface area (Å²) in [6, 6.07) is 5.32. The predicted octanol–water partition coefficient (Wildman–Crippen LogP) is 0.975. The van der Waals surface area contributed by atoms with E-state index in [4.69, 9.17) is 0 Å². The number of aliphatic hydroxyl groups is 1. The summed E-state index contributed by atoms with van der Waals surface area (Å²) >= 11 is 0. The molecule has 0 radical (unpaired) electrons. The fraction of sp³-hybridized carbons (Fsp3) is 0.467. The summed E-state index contributed by atoms with van der Waals surface area (Å²) in [5, 5.41) is 14.8. The van der Waals surface area contributed by atoms with Crippen molar-refractivity contribution >= 4 is 11.8 Å². The maximum absolute atomic E-state index is 13.4. The Balaban J connectivity index is 1.81. The van der Waals surface area contributed by atoms with Crippen molar-refractivity contribution in [2.75, 3.05) is 6.54 Å². The molecule has 1 aliphatic carbocycles. The Hall–Kier alpha value is -1.95. The number of carbonyl (C=O) groups excluding carboxylic acids is 2. The average Bonchev–Trinajstić information content (AvgIpc) is 2.48. The average molecular weight is 294 g/mol. The van der Waals surface area contributed by atoms with Gasteiger partial charge in [0, 0.05) is 0 Å². The molecule has 1 aromatic rings. The van der Waals surface area contributed by atoms with Gasteiger partial charge in [-0.15, -0.1) is 0 Å². The first-order valence-corrected chi connectivity index (χ1v) is 7.08. The van der Waals surface area contributed by atoms with Gasteiger partial charge in [0.1, 0.15) is 5.82 Å². The topological polar surface area (TPSA) is 78.4 Å². The summed E-state index contributed by atoms with van der Waals surface area (Å²) in [6.07, 6.45) is 2.78. The summed E-state index contributed by atoms with van der Waals surface area (Å²) < 4.78 is 13.4. The van der Waals surface area contributed by atoms with E-state index in [-0.39, 0.29) is 24.1 Å². The number of benzene rings is 1. The van der Waals surface area contributed by atoms with E-state index in [0.717, 1.165) is 19.3 Å². The van der Waals surface area contributed by atoms with Crippen LogP contribution < -0.4 is 10.6 Å². The third-order valence-corrected chi connectivity index (χ3v) is 3.60. The molecule has 21 heavy (non-hydrogen) atoms. The van der Waals surface area contributed by atoms with Gasteiger partial charge in [-0.3, -0.25) is 9.59 Å². The maximum atomic E-state index is 13.4. The van der Waals surface area contributed by atoms with Crippen molar-refractivity contribution in [3.8, 4) is 0 Å². The highest BCUT2D eigenvalue weighted by Gasteiger charge is 2.24. The summed E-state index contributed by atoms with van der Waals surface area (Å²) in [7, 11) is 0. The molecule has 0 bridgehead atoms. The van der Waals surface area contributed by atoms with Crippen molar-refractivity contribution in [1.29, 1.82) is 0 Å². The molecule has 1 aliphatic rings. The number of aliphatic hydroxyl groups excluding tert-OH is 1. The Kier molecular flexibility index (Phi) is 5.27. The number of amides is 2. The molecular formula is C15H19FN2O3. The van der Waals surface area contributed by atoms with Crippen LogP contribution in [0.4, 0.5) is 4.39 Å². The number of nitrogens with one attached hydrogen (secondary N) is 2. The molecule has 2 atom stereocenters. The molecule has 0 aliphatic heterocycles. The molecule has 6 heteroatoms. The zero-order chi connectivity index (χ0) is 15.2. The van der Waals surface area contributed by atoms with Gasteiger partial charge in [0.2, 0.25) is 5.91 Å². The number of halogens is 1. The minimum atomic E-state index is -0.632. The van der Waals surface area contributed by atoms with Crippen LogP contribution in [0, 0.1) is 5.82 Å². The van der Waals surface area contributed by atoms with Crippen LogP contribution in [0.5, 0.6) is 0 Å². The first-order valence-electron chi connectivity index (χ1n) is 7.08. The van der Waals surface area contributed by atoms with Gasteiger partial charge in [0.05, 0.1) is 24.3 Å². The summed E-state index contributed by atoms with van der Waals surface area (Å²) in [5.41, 5.74) is -0.0944. The van der Waals surface area contributed by atoms with Gasteiger partial charge in [0.25, 0.3) is 5.91 Å². The second-order valence-electron chi connectivity index (χ2n) is 5.19. The maximum Gasteiger partial charge on any atom is 0.254 e. The number of carbonyl (C=O) groups is 2. The van der Waals surface area contributed by atoms with Crippen LogP contribution in [0.25, 0.3) is 0 Å². The van der Waals surface area contributed by atoms with Crippen LogP contribution >= 0.6 is 0 Å². The monoisotopic (exact) mass is 294 g/mol. The molecule has 3 N–H and O–H groups in total. The Labute approximate surface area is 122 Å². The Morgan fingerprint density at radius 3 is 2.67 bits per heavy atom. The van der Waals surface area contributed by atoms with Crippen molar-refractivity contribution in [2.24, 2.45) is 0 Å². The predicted molar refractivity (Wildman–Crippen MR) is 75.1 cm³/mol. The molecule has 0 heterocycles. The van der Waals surface area contributed by atoms with Crippen LogP contribution in [0.2, 0.25) is 0 Å². The van der Waals surface area contributed by atoms with E-state index in [1.54, 1.807) is 6.07 Å². The van der Waals surface area contributed by atoms with Gasteiger partial charge in [-0.25, -0.2) is 4.39 Å². The molecule has 2 amide bonds. The van der Waals surface area contributed by atoms with Crippen molar-refractivity contribution in [3.05, 3.63) is 35.6 Å². The largest absolute Gasteiger partial charge is 0.391 e. The van der Waals surface area contributed by atoms with Gasteiger partial charge in [-0.1, -0.05) is 25.0 Å². The van der Waals surface area contributed by atoms with Crippen LogP contribution in [-0.4, -0.2) is 35.6 Å². The Bertz CT molecular complexity index is 521. The van der Waals surface area contributed by atoms with E-state index >= 15 is 0 Å². The first-order chi connectivity index (χ1) is 10.1. The third kappa shape index (κ3) is 4.26. The molecule has 0 aromatic heterocycles. The lowest BCUT2D eigenvalue weighted by Crippen LogP contribution is -2.48. The molecule has 1 aromatic carbocycles. The van der Waals surface area contributed by atoms with Crippen LogP contribution in [0.3, 0.4) is 0 Å². The summed E-state index contributed by atoms with van der Waals surface area (Å²) in [5.74, 6) is -1.64. The van der Waals surface area contributed by atoms with Crippen LogP contribution in [-0.2, 0) is 4.79 Å². The zero-order valence-electron chi connectivity index (χ0n) is 11.6. The zero-order valence-corrected chi connectivity index (χ0v) is 11.6. The molecule has 1 fully saturated rings. The highest BCUT2D eigenvalue weighted by Crippen LogP contribution is 2.18. The van der Waals surface area contributed by atoms with Crippen molar-refractivity contribution in [3.63, 3.8) is 0 Å². The lowest BCUT2D eigenvalue weighted by atomic mass is 9.92. The SMILES string of the molecule is O=C(CNC(=O)c1ccccc1F)NC1CCCCC1O. The van der Waals surface area contributed by atoms with Crippen molar-refractivity contribution in [1.82, 2.24) is 10.6 Å². The van der Waals surface area contributed by atoms with Gasteiger partial charge in [-0.2, -0.15) is 0 Å². The second kappa shape index (κ2) is 7.17. The first kappa shape index (κ1) is 15.4. The lowest BCUT2D eigenvalue weighted by Gasteiger charge is -2.28. The Morgan fingerprint density at radius 2 is 1.95 bits per heavy atom. The number of hydrogen-bond donors (Lipinski definition) is 3. The van der Waals surface area contributed by atoms with E-state index in [9.17, 15) is 19.1 Å². The fourth-order valence-corrected chi connectivity index (χ4v) is 2.44. The minimum Gasteiger partial charge on any atom is -0.391 e. The quantitative estimate of drug-likeness (QED) is 0.774. The second-order valence-corrected chi connectivity index (χ2v) is 5.19. The normalized spacial score (nSPS) is 21.6. The van der Waals surface area contributed by atoms with E-state index in [1.165, 1.54) is 18.2 Å². The summed E-state index contributed by atoms with van der Waals surface area (Å²) in [4.78, 5) is 23.5. The molecule has 0 spiro atoms. The molecule has 1 saturated carbocycles. The highest BCUT2D eigenvalue weighted by molar-refractivity contribution is 5.96. The van der Waals surface area contributed by atoms with E-state index in [1.807, 2.05) is 0 Å². The van der Waals surface area contributed by atoms with Crippen LogP contribution in [0.1, 0.15) is 36.0 Å². The van der Waals surface area contributed by atoms with Gasteiger partial charge >= 0.3 is 0 Å². The van der Waals surface area contributed by atoms with Crippen molar-refractivity contribution < 1.29 is 19.1 Å². The van der Waals surface area contributed by atoms with Crippen molar-refractivity contribution in [2.45, 2.75) is 37.8 Å². The smallest absolute Gasteiger partial charge is 0.254 e. The van der Waals surface area contributed by atoms with Crippen LogP contribution in [0.15, 0.2) is 24.3 Å². The summed E-state index contributed by atoms with van der Waals surface area (Å²) in [6.45, 7) is -0.240. The van der Waals surface area contributed by atoms with E-state index in [0.29, 0.717) is 6.42 Å². The highest BCUT2D eigenvalue weighted by atomic mass is 19.1. The standard InChI is InChI=1S/C15H19FN2O3/c16-11-6-2-1-5-10(11)15(21)17-9-14(20)18-12-7-3-4-8-13(12)19/h1-2,5-6,12-13,19H,3-4,7-9H2,(H,17,21)(H,18,20). The van der Waals surface area contributed by atoms with Gasteiger partial charge in [-0.05, 0) is 25.0 Å². The van der Waals surface area contributed by atoms with E-state index < -0.39 is 17.8 Å². The Morgan fingerprint density at radius 1 is 1.24 bits per heavy atom. The number of hydrogen-bond acceptors (Lipinski definition) is 3. The molecule has 2 unspecified atom stereocenters. The fourth-order valence-electron chi connectivity index (χ4n) is 2.44. The molecule has 114 valence electrons. The minimum absolute atomic E-state index is 0.0944. The third-order valence-electron chi connectivity index (χ3n) is 3.60. The van der Waals surface area contributed by atoms with E-state index in [2.05, 4.69) is 10.6 Å². The molecule has 0 saturated heterocycles. The van der Waals surface area contributed by atoms with Gasteiger partial charge in [0.15, 0.2) is 0 Å². The molecule has 5 nitrogen and oxygen atoms in total. The molecule has 2 rings (SSSR count). The van der Waals surface area contributed by atoms with Gasteiger partial charge < -0.3 is 15.7 Å². The lowest BCUT2D eigenvalue weighted by molar-refractivity contribution is -0.122. The number of rotatable bonds is 4. The molecular weight excluding hydrogens is 275 g/mol.